The number of halogens is 3. The van der Waals surface area contributed by atoms with Gasteiger partial charge < -0.3 is 11.5 Å². The Morgan fingerprint density at radius 3 is 2.46 bits per heavy atom. The van der Waals surface area contributed by atoms with Crippen molar-refractivity contribution in [3.8, 4) is 0 Å². The fraction of sp³-hybridized carbons (Fsp3) is 0. The lowest BCUT2D eigenvalue weighted by Gasteiger charge is -2.00. The maximum absolute atomic E-state index is 12.9. The van der Waals surface area contributed by atoms with Gasteiger partial charge in [-0.1, -0.05) is 0 Å². The zero-order valence-electron chi connectivity index (χ0n) is 6.39. The Morgan fingerprint density at radius 1 is 1.31 bits per heavy atom. The van der Waals surface area contributed by atoms with Crippen LogP contribution in [0.5, 0.6) is 0 Å². The summed E-state index contributed by atoms with van der Waals surface area (Å²) >= 11 is 2.83. The summed E-state index contributed by atoms with van der Waals surface area (Å²) in [6.07, 6.45) is 0. The Hall–Kier alpha value is -1.17. The van der Waals surface area contributed by atoms with Crippen LogP contribution in [0.3, 0.4) is 0 Å². The van der Waals surface area contributed by atoms with Crippen molar-refractivity contribution in [2.24, 2.45) is 16.5 Å². The van der Waals surface area contributed by atoms with E-state index >= 15 is 0 Å². The lowest BCUT2D eigenvalue weighted by molar-refractivity contribution is 0.504. The van der Waals surface area contributed by atoms with E-state index in [1.165, 1.54) is 6.07 Å². The molecule has 70 valence electrons. The SMILES string of the molecule is NC(N)=Nc1ccc(F)c(F)c1Br. The third-order valence-corrected chi connectivity index (χ3v) is 2.02. The van der Waals surface area contributed by atoms with Crippen LogP contribution in [0.1, 0.15) is 0 Å². The minimum atomic E-state index is -1.01. The van der Waals surface area contributed by atoms with Gasteiger partial charge in [-0.2, -0.15) is 0 Å². The molecule has 0 aliphatic heterocycles. The second-order valence-electron chi connectivity index (χ2n) is 2.23. The number of hydrogen-bond donors (Lipinski definition) is 2. The molecule has 0 spiro atoms. The van der Waals surface area contributed by atoms with Crippen LogP contribution in [-0.2, 0) is 0 Å². The molecule has 1 aromatic carbocycles. The molecular formula is C7H6BrF2N3. The lowest BCUT2D eigenvalue weighted by atomic mass is 10.3. The van der Waals surface area contributed by atoms with Crippen molar-refractivity contribution < 1.29 is 8.78 Å². The summed E-state index contributed by atoms with van der Waals surface area (Å²) in [7, 11) is 0. The summed E-state index contributed by atoms with van der Waals surface area (Å²) < 4.78 is 25.4. The summed E-state index contributed by atoms with van der Waals surface area (Å²) in [4.78, 5) is 3.58. The minimum Gasteiger partial charge on any atom is -0.370 e. The van der Waals surface area contributed by atoms with E-state index in [2.05, 4.69) is 20.9 Å². The molecule has 0 saturated heterocycles. The molecular weight excluding hydrogens is 244 g/mol. The molecule has 0 unspecified atom stereocenters. The molecule has 0 heterocycles. The fourth-order valence-corrected chi connectivity index (χ4v) is 1.15. The quantitative estimate of drug-likeness (QED) is 0.452. The number of rotatable bonds is 1. The number of nitrogens with zero attached hydrogens (tertiary/aromatic N) is 1. The monoisotopic (exact) mass is 249 g/mol. The van der Waals surface area contributed by atoms with E-state index in [4.69, 9.17) is 11.5 Å². The molecule has 0 bridgehead atoms. The predicted octanol–water partition coefficient (Wildman–Crippen LogP) is 1.63. The minimum absolute atomic E-state index is 0.0964. The van der Waals surface area contributed by atoms with Crippen molar-refractivity contribution in [3.05, 3.63) is 28.2 Å². The van der Waals surface area contributed by atoms with Crippen molar-refractivity contribution in [1.29, 1.82) is 0 Å². The number of hydrogen-bond acceptors (Lipinski definition) is 1. The summed E-state index contributed by atoms with van der Waals surface area (Å²) in [6, 6.07) is 2.21. The number of guanidine groups is 1. The molecule has 0 aromatic heterocycles. The molecule has 1 aromatic rings. The summed E-state index contributed by atoms with van der Waals surface area (Å²) in [5, 5.41) is 0. The van der Waals surface area contributed by atoms with Crippen LogP contribution in [0, 0.1) is 11.6 Å². The maximum atomic E-state index is 12.9. The van der Waals surface area contributed by atoms with Crippen LogP contribution in [0.4, 0.5) is 14.5 Å². The second-order valence-corrected chi connectivity index (χ2v) is 3.02. The molecule has 0 aliphatic rings. The van der Waals surface area contributed by atoms with E-state index in [0.717, 1.165) is 6.07 Å². The average Bonchev–Trinajstić information content (AvgIpc) is 2.06. The van der Waals surface area contributed by atoms with E-state index in [1.807, 2.05) is 0 Å². The Balaban J connectivity index is 3.26. The van der Waals surface area contributed by atoms with Gasteiger partial charge >= 0.3 is 0 Å². The highest BCUT2D eigenvalue weighted by atomic mass is 79.9. The predicted molar refractivity (Wildman–Crippen MR) is 49.5 cm³/mol. The molecule has 1 rings (SSSR count). The molecule has 0 radical (unpaired) electrons. The highest BCUT2D eigenvalue weighted by Crippen LogP contribution is 2.29. The zero-order valence-corrected chi connectivity index (χ0v) is 7.98. The van der Waals surface area contributed by atoms with Gasteiger partial charge in [0.15, 0.2) is 17.6 Å². The Bertz CT molecular complexity index is 361. The Kier molecular flexibility index (Phi) is 2.82. The van der Waals surface area contributed by atoms with Crippen molar-refractivity contribution in [2.75, 3.05) is 0 Å². The van der Waals surface area contributed by atoms with Gasteiger partial charge in [0, 0.05) is 0 Å². The molecule has 0 fully saturated rings. The second kappa shape index (κ2) is 3.69. The van der Waals surface area contributed by atoms with Crippen molar-refractivity contribution in [3.63, 3.8) is 0 Å². The van der Waals surface area contributed by atoms with Crippen LogP contribution in [0.2, 0.25) is 0 Å². The standard InChI is InChI=1S/C7H6BrF2N3/c8-5-4(13-7(11)12)2-1-3(9)6(5)10/h1-2H,(H4,11,12,13). The third kappa shape index (κ3) is 2.15. The van der Waals surface area contributed by atoms with E-state index < -0.39 is 11.6 Å². The first-order valence-electron chi connectivity index (χ1n) is 3.25. The van der Waals surface area contributed by atoms with Gasteiger partial charge in [0.05, 0.1) is 10.2 Å². The smallest absolute Gasteiger partial charge is 0.191 e. The normalized spacial score (nSPS) is 9.77. The van der Waals surface area contributed by atoms with Crippen LogP contribution >= 0.6 is 15.9 Å². The van der Waals surface area contributed by atoms with Gasteiger partial charge in [0.1, 0.15) is 0 Å². The average molecular weight is 250 g/mol. The van der Waals surface area contributed by atoms with E-state index in [9.17, 15) is 8.78 Å². The summed E-state index contributed by atoms with van der Waals surface area (Å²) in [6.45, 7) is 0. The third-order valence-electron chi connectivity index (χ3n) is 1.26. The van der Waals surface area contributed by atoms with E-state index in [1.54, 1.807) is 0 Å². The fourth-order valence-electron chi connectivity index (χ4n) is 0.741. The molecule has 4 N–H and O–H groups in total. The molecule has 13 heavy (non-hydrogen) atoms. The molecule has 3 nitrogen and oxygen atoms in total. The van der Waals surface area contributed by atoms with E-state index in [-0.39, 0.29) is 16.1 Å². The first kappa shape index (κ1) is 9.91. The van der Waals surface area contributed by atoms with Crippen LogP contribution in [0.25, 0.3) is 0 Å². The number of nitrogens with two attached hydrogens (primary N) is 2. The van der Waals surface area contributed by atoms with Gasteiger partial charge in [-0.15, -0.1) is 0 Å². The van der Waals surface area contributed by atoms with Crippen molar-refractivity contribution in [1.82, 2.24) is 0 Å². The highest BCUT2D eigenvalue weighted by Gasteiger charge is 2.10. The number of aliphatic imine (C=N–C) groups is 1. The van der Waals surface area contributed by atoms with Crippen molar-refractivity contribution in [2.45, 2.75) is 0 Å². The van der Waals surface area contributed by atoms with Gasteiger partial charge in [0.25, 0.3) is 0 Å². The van der Waals surface area contributed by atoms with E-state index in [0.29, 0.717) is 0 Å². The zero-order chi connectivity index (χ0) is 10.0. The van der Waals surface area contributed by atoms with Gasteiger partial charge in [-0.05, 0) is 28.1 Å². The summed E-state index contributed by atoms with van der Waals surface area (Å²) in [5.74, 6) is -2.18. The lowest BCUT2D eigenvalue weighted by Crippen LogP contribution is -2.22. The topological polar surface area (TPSA) is 64.4 Å². The Morgan fingerprint density at radius 2 is 1.92 bits per heavy atom. The molecule has 6 heteroatoms. The number of benzene rings is 1. The molecule has 0 saturated carbocycles. The highest BCUT2D eigenvalue weighted by molar-refractivity contribution is 9.10. The maximum Gasteiger partial charge on any atom is 0.191 e. The first-order chi connectivity index (χ1) is 6.02. The van der Waals surface area contributed by atoms with Gasteiger partial charge in [0.2, 0.25) is 0 Å². The molecule has 0 aliphatic carbocycles. The van der Waals surface area contributed by atoms with Gasteiger partial charge in [-0.3, -0.25) is 0 Å². The molecule has 0 atom stereocenters. The summed E-state index contributed by atoms with van der Waals surface area (Å²) in [5.41, 5.74) is 10.3. The van der Waals surface area contributed by atoms with Gasteiger partial charge in [-0.25, -0.2) is 13.8 Å². The molecule has 0 amide bonds. The van der Waals surface area contributed by atoms with Crippen LogP contribution in [-0.4, -0.2) is 5.96 Å². The Labute approximate surface area is 81.6 Å². The van der Waals surface area contributed by atoms with Crippen LogP contribution < -0.4 is 11.5 Å². The first-order valence-corrected chi connectivity index (χ1v) is 4.05. The largest absolute Gasteiger partial charge is 0.370 e. The van der Waals surface area contributed by atoms with Crippen molar-refractivity contribution >= 4 is 27.6 Å². The van der Waals surface area contributed by atoms with Crippen LogP contribution in [0.15, 0.2) is 21.6 Å².